The van der Waals surface area contributed by atoms with Crippen LogP contribution in [0, 0.1) is 13.8 Å². The molecule has 5 nitrogen and oxygen atoms in total. The van der Waals surface area contributed by atoms with Crippen molar-refractivity contribution < 1.29 is 4.79 Å². The summed E-state index contributed by atoms with van der Waals surface area (Å²) in [5.74, 6) is 0.249. The summed E-state index contributed by atoms with van der Waals surface area (Å²) in [6.07, 6.45) is 0.657. The summed E-state index contributed by atoms with van der Waals surface area (Å²) in [4.78, 5) is 29.8. The van der Waals surface area contributed by atoms with E-state index < -0.39 is 0 Å². The molecule has 0 spiro atoms. The van der Waals surface area contributed by atoms with Gasteiger partial charge in [0.25, 0.3) is 5.56 Å². The second-order valence-corrected chi connectivity index (χ2v) is 6.56. The summed E-state index contributed by atoms with van der Waals surface area (Å²) in [5, 5.41) is 2.87. The molecule has 0 saturated heterocycles. The van der Waals surface area contributed by atoms with Crippen molar-refractivity contribution in [3.8, 4) is 11.4 Å². The van der Waals surface area contributed by atoms with Gasteiger partial charge in [0, 0.05) is 23.0 Å². The quantitative estimate of drug-likeness (QED) is 0.753. The minimum atomic E-state index is -0.261. The lowest BCUT2D eigenvalue weighted by atomic mass is 10.1. The molecule has 27 heavy (non-hydrogen) atoms. The zero-order valence-corrected chi connectivity index (χ0v) is 15.8. The number of nitrogens with one attached hydrogen (secondary N) is 1. The van der Waals surface area contributed by atoms with Crippen LogP contribution in [-0.2, 0) is 17.8 Å². The van der Waals surface area contributed by atoms with E-state index in [9.17, 15) is 9.59 Å². The lowest BCUT2D eigenvalue weighted by Crippen LogP contribution is -2.30. The van der Waals surface area contributed by atoms with E-state index in [2.05, 4.69) is 10.3 Å². The summed E-state index contributed by atoms with van der Waals surface area (Å²) in [7, 11) is 0. The second-order valence-electron chi connectivity index (χ2n) is 6.56. The van der Waals surface area contributed by atoms with Gasteiger partial charge in [-0.05, 0) is 43.5 Å². The third kappa shape index (κ3) is 4.31. The van der Waals surface area contributed by atoms with Gasteiger partial charge >= 0.3 is 0 Å². The first-order valence-electron chi connectivity index (χ1n) is 9.01. The van der Waals surface area contributed by atoms with Crippen LogP contribution in [0.2, 0.25) is 0 Å². The highest BCUT2D eigenvalue weighted by atomic mass is 16.2. The summed E-state index contributed by atoms with van der Waals surface area (Å²) < 4.78 is 1.42. The lowest BCUT2D eigenvalue weighted by Gasteiger charge is -2.14. The van der Waals surface area contributed by atoms with E-state index in [0.29, 0.717) is 17.9 Å². The fourth-order valence-electron chi connectivity index (χ4n) is 2.86. The van der Waals surface area contributed by atoms with E-state index in [-0.39, 0.29) is 18.0 Å². The predicted molar refractivity (Wildman–Crippen MR) is 108 cm³/mol. The Bertz CT molecular complexity index is 1020. The monoisotopic (exact) mass is 361 g/mol. The Balaban J connectivity index is 1.92. The zero-order valence-electron chi connectivity index (χ0n) is 15.8. The summed E-state index contributed by atoms with van der Waals surface area (Å²) >= 11 is 0. The van der Waals surface area contributed by atoms with Crippen LogP contribution in [0.5, 0.6) is 0 Å². The van der Waals surface area contributed by atoms with E-state index in [1.165, 1.54) is 10.6 Å². The van der Waals surface area contributed by atoms with E-state index in [1.54, 1.807) is 0 Å². The van der Waals surface area contributed by atoms with Crippen LogP contribution in [0.1, 0.15) is 23.7 Å². The molecule has 1 aromatic heterocycles. The molecule has 1 N–H and O–H groups in total. The number of anilines is 1. The molecule has 1 amide bonds. The maximum absolute atomic E-state index is 12.6. The number of amides is 1. The summed E-state index contributed by atoms with van der Waals surface area (Å²) in [5.41, 5.74) is 4.28. The van der Waals surface area contributed by atoms with Crippen molar-refractivity contribution in [1.82, 2.24) is 9.55 Å². The molecule has 2 aromatic carbocycles. The minimum Gasteiger partial charge on any atom is -0.325 e. The molecule has 0 aliphatic rings. The number of hydrogen-bond acceptors (Lipinski definition) is 3. The first-order chi connectivity index (χ1) is 13.0. The Labute approximate surface area is 158 Å². The third-order valence-corrected chi connectivity index (χ3v) is 4.55. The number of rotatable bonds is 5. The summed E-state index contributed by atoms with van der Waals surface area (Å²) in [6, 6.07) is 16.7. The van der Waals surface area contributed by atoms with Gasteiger partial charge in [-0.2, -0.15) is 0 Å². The van der Waals surface area contributed by atoms with Crippen LogP contribution in [0.4, 0.5) is 5.69 Å². The van der Waals surface area contributed by atoms with Crippen molar-refractivity contribution in [2.75, 3.05) is 5.32 Å². The van der Waals surface area contributed by atoms with Crippen LogP contribution in [0.15, 0.2) is 59.4 Å². The Kier molecular flexibility index (Phi) is 5.50. The van der Waals surface area contributed by atoms with E-state index >= 15 is 0 Å². The molecule has 0 aliphatic heterocycles. The number of nitrogens with zero attached hydrogens (tertiary/aromatic N) is 2. The van der Waals surface area contributed by atoms with Crippen molar-refractivity contribution >= 4 is 11.6 Å². The number of aryl methyl sites for hydroxylation is 3. The first kappa shape index (κ1) is 18.6. The molecule has 0 fully saturated rings. The number of aromatic nitrogens is 2. The fourth-order valence-corrected chi connectivity index (χ4v) is 2.86. The van der Waals surface area contributed by atoms with E-state index in [0.717, 1.165) is 22.4 Å². The molecule has 3 aromatic rings. The standard InChI is InChI=1S/C22H23N3O2/c1-4-18-13-21(27)25(22(24-18)17-8-6-5-7-9-17)14-20(26)23-19-11-10-15(2)16(3)12-19/h5-13H,4,14H2,1-3H3,(H,23,26). The van der Waals surface area contributed by atoms with Crippen LogP contribution >= 0.6 is 0 Å². The van der Waals surface area contributed by atoms with Gasteiger partial charge in [0.05, 0.1) is 0 Å². The topological polar surface area (TPSA) is 64.0 Å². The zero-order chi connectivity index (χ0) is 19.4. The Morgan fingerprint density at radius 2 is 1.78 bits per heavy atom. The maximum Gasteiger partial charge on any atom is 0.254 e. The van der Waals surface area contributed by atoms with Crippen LogP contribution in [0.25, 0.3) is 11.4 Å². The van der Waals surface area contributed by atoms with Gasteiger partial charge in [-0.1, -0.05) is 43.3 Å². The molecule has 3 rings (SSSR count). The highest BCUT2D eigenvalue weighted by molar-refractivity contribution is 5.91. The van der Waals surface area contributed by atoms with Crippen LogP contribution in [0.3, 0.4) is 0 Å². The molecule has 0 saturated carbocycles. The van der Waals surface area contributed by atoms with Gasteiger partial charge in [-0.25, -0.2) is 4.98 Å². The van der Waals surface area contributed by atoms with Gasteiger partial charge in [0.1, 0.15) is 12.4 Å². The molecule has 138 valence electrons. The smallest absolute Gasteiger partial charge is 0.254 e. The molecule has 0 bridgehead atoms. The van der Waals surface area contributed by atoms with Gasteiger partial charge in [0.15, 0.2) is 0 Å². The molecular weight excluding hydrogens is 338 g/mol. The largest absolute Gasteiger partial charge is 0.325 e. The van der Waals surface area contributed by atoms with E-state index in [4.69, 9.17) is 0 Å². The SMILES string of the molecule is CCc1cc(=O)n(CC(=O)Nc2ccc(C)c(C)c2)c(-c2ccccc2)n1. The average Bonchev–Trinajstić information content (AvgIpc) is 2.66. The van der Waals surface area contributed by atoms with Crippen LogP contribution in [-0.4, -0.2) is 15.5 Å². The molecule has 1 heterocycles. The maximum atomic E-state index is 12.6. The number of benzene rings is 2. The van der Waals surface area contributed by atoms with E-state index in [1.807, 2.05) is 69.3 Å². The van der Waals surface area contributed by atoms with Gasteiger partial charge < -0.3 is 5.32 Å². The van der Waals surface area contributed by atoms with Crippen molar-refractivity contribution in [2.45, 2.75) is 33.7 Å². The van der Waals surface area contributed by atoms with Crippen molar-refractivity contribution in [1.29, 1.82) is 0 Å². The molecule has 0 atom stereocenters. The second kappa shape index (κ2) is 7.99. The molecule has 0 unspecified atom stereocenters. The number of carbonyl (C=O) groups is 1. The average molecular weight is 361 g/mol. The van der Waals surface area contributed by atoms with Crippen molar-refractivity contribution in [3.63, 3.8) is 0 Å². The fraction of sp³-hybridized carbons (Fsp3) is 0.227. The summed E-state index contributed by atoms with van der Waals surface area (Å²) in [6.45, 7) is 5.88. The Hall–Kier alpha value is -3.21. The predicted octanol–water partition coefficient (Wildman–Crippen LogP) is 3.73. The van der Waals surface area contributed by atoms with Gasteiger partial charge in [-0.3, -0.25) is 14.2 Å². The minimum absolute atomic E-state index is 0.0903. The lowest BCUT2D eigenvalue weighted by molar-refractivity contribution is -0.116. The molecular formula is C22H23N3O2. The molecule has 0 radical (unpaired) electrons. The molecule has 0 aliphatic carbocycles. The Morgan fingerprint density at radius 1 is 1.04 bits per heavy atom. The normalized spacial score (nSPS) is 10.6. The van der Waals surface area contributed by atoms with Crippen molar-refractivity contribution in [3.05, 3.63) is 81.8 Å². The first-order valence-corrected chi connectivity index (χ1v) is 9.01. The van der Waals surface area contributed by atoms with Gasteiger partial charge in [0.2, 0.25) is 5.91 Å². The third-order valence-electron chi connectivity index (χ3n) is 4.55. The highest BCUT2D eigenvalue weighted by Gasteiger charge is 2.14. The van der Waals surface area contributed by atoms with Gasteiger partial charge in [-0.15, -0.1) is 0 Å². The van der Waals surface area contributed by atoms with Crippen molar-refractivity contribution in [2.24, 2.45) is 0 Å². The Morgan fingerprint density at radius 3 is 2.44 bits per heavy atom. The highest BCUT2D eigenvalue weighted by Crippen LogP contribution is 2.17. The number of hydrogen-bond donors (Lipinski definition) is 1. The molecule has 5 heteroatoms. The number of carbonyl (C=O) groups excluding carboxylic acids is 1. The van der Waals surface area contributed by atoms with Crippen LogP contribution < -0.4 is 10.9 Å².